The molecule has 0 unspecified atom stereocenters. The van der Waals surface area contributed by atoms with Crippen LogP contribution in [0.1, 0.15) is 37.9 Å². The van der Waals surface area contributed by atoms with Crippen LogP contribution < -0.4 is 10.1 Å². The quantitative estimate of drug-likeness (QED) is 0.464. The highest BCUT2D eigenvalue weighted by Crippen LogP contribution is 2.36. The van der Waals surface area contributed by atoms with Crippen LogP contribution in [0.25, 0.3) is 21.9 Å². The summed E-state index contributed by atoms with van der Waals surface area (Å²) in [5.74, 6) is 1.59. The first-order chi connectivity index (χ1) is 13.2. The van der Waals surface area contributed by atoms with E-state index in [1.165, 1.54) is 24.1 Å². The maximum Gasteiger partial charge on any atom is 0.145 e. The molecule has 28 heavy (non-hydrogen) atoms. The van der Waals surface area contributed by atoms with Crippen molar-refractivity contribution in [3.05, 3.63) is 35.9 Å². The molecule has 0 aliphatic heterocycles. The van der Waals surface area contributed by atoms with Gasteiger partial charge in [0, 0.05) is 17.1 Å². The average Bonchev–Trinajstić information content (AvgIpc) is 3.25. The molecule has 0 amide bonds. The molecule has 0 spiro atoms. The lowest BCUT2D eigenvalue weighted by Gasteiger charge is -2.16. The number of nitrogens with one attached hydrogen (secondary N) is 3. The molecule has 0 fully saturated rings. The number of hydrogen-bond acceptors (Lipinski definition) is 5. The normalized spacial score (nSPS) is 13.5. The molecule has 5 rings (SSSR count). The number of aromatic amines is 2. The maximum atomic E-state index is 6.04. The van der Waals surface area contributed by atoms with E-state index < -0.39 is 0 Å². The number of aryl methyl sites for hydroxylation is 2. The van der Waals surface area contributed by atoms with Gasteiger partial charge in [-0.1, -0.05) is 0 Å². The average molecular weight is 399 g/mol. The number of H-pyrrole nitrogens is 2. The minimum absolute atomic E-state index is 0. The molecule has 4 aromatic rings. The summed E-state index contributed by atoms with van der Waals surface area (Å²) >= 11 is 0. The summed E-state index contributed by atoms with van der Waals surface area (Å²) in [5, 5.41) is 12.7. The van der Waals surface area contributed by atoms with Crippen molar-refractivity contribution in [1.29, 1.82) is 0 Å². The van der Waals surface area contributed by atoms with Crippen LogP contribution in [0.5, 0.6) is 5.75 Å². The fourth-order valence-corrected chi connectivity index (χ4v) is 3.87. The molecule has 3 heterocycles. The number of rotatable bonds is 4. The lowest BCUT2D eigenvalue weighted by atomic mass is 9.96. The second-order valence-electron chi connectivity index (χ2n) is 7.33. The zero-order valence-electron chi connectivity index (χ0n) is 15.9. The van der Waals surface area contributed by atoms with E-state index in [-0.39, 0.29) is 18.5 Å². The number of fused-ring (bicyclic) bond motifs is 4. The Morgan fingerprint density at radius 3 is 2.86 bits per heavy atom. The summed E-state index contributed by atoms with van der Waals surface area (Å²) < 4.78 is 6.04. The Balaban J connectivity index is 0.00000192. The van der Waals surface area contributed by atoms with Crippen molar-refractivity contribution in [2.45, 2.75) is 45.6 Å². The number of hydrogen-bond donors (Lipinski definition) is 3. The van der Waals surface area contributed by atoms with Gasteiger partial charge < -0.3 is 15.0 Å². The summed E-state index contributed by atoms with van der Waals surface area (Å²) in [6.07, 6.45) is 8.05. The number of nitrogens with zero attached hydrogens (tertiary/aromatic N) is 3. The Kier molecular flexibility index (Phi) is 4.85. The molecule has 0 bridgehead atoms. The van der Waals surface area contributed by atoms with Gasteiger partial charge in [0.25, 0.3) is 0 Å². The summed E-state index contributed by atoms with van der Waals surface area (Å²) in [7, 11) is 0. The highest BCUT2D eigenvalue weighted by Gasteiger charge is 2.20. The third-order valence-electron chi connectivity index (χ3n) is 5.04. The van der Waals surface area contributed by atoms with Crippen LogP contribution >= 0.6 is 12.4 Å². The highest BCUT2D eigenvalue weighted by molar-refractivity contribution is 5.95. The Hall–Kier alpha value is -2.80. The Morgan fingerprint density at radius 2 is 2.00 bits per heavy atom. The van der Waals surface area contributed by atoms with Gasteiger partial charge in [-0.2, -0.15) is 5.10 Å². The molecule has 0 radical (unpaired) electrons. The minimum atomic E-state index is 0. The van der Waals surface area contributed by atoms with Gasteiger partial charge in [0.05, 0.1) is 28.9 Å². The third-order valence-corrected chi connectivity index (χ3v) is 5.04. The Bertz CT molecular complexity index is 1130. The monoisotopic (exact) mass is 398 g/mol. The van der Waals surface area contributed by atoms with Gasteiger partial charge in [0.1, 0.15) is 23.5 Å². The fraction of sp³-hybridized carbons (Fsp3) is 0.350. The predicted octanol–water partition coefficient (Wildman–Crippen LogP) is 4.67. The topological polar surface area (TPSA) is 91.5 Å². The number of aromatic nitrogens is 5. The van der Waals surface area contributed by atoms with Crippen molar-refractivity contribution in [2.75, 3.05) is 5.32 Å². The van der Waals surface area contributed by atoms with E-state index in [0.29, 0.717) is 0 Å². The van der Waals surface area contributed by atoms with Gasteiger partial charge in [0.2, 0.25) is 0 Å². The van der Waals surface area contributed by atoms with Gasteiger partial charge in [-0.05, 0) is 51.2 Å². The molecule has 0 saturated heterocycles. The van der Waals surface area contributed by atoms with E-state index in [9.17, 15) is 0 Å². The Labute approximate surface area is 168 Å². The van der Waals surface area contributed by atoms with E-state index >= 15 is 0 Å². The molecule has 1 aliphatic carbocycles. The van der Waals surface area contributed by atoms with Crippen LogP contribution in [0.2, 0.25) is 0 Å². The van der Waals surface area contributed by atoms with Crippen LogP contribution in [0.3, 0.4) is 0 Å². The molecule has 1 aromatic carbocycles. The molecule has 8 heteroatoms. The highest BCUT2D eigenvalue weighted by atomic mass is 35.5. The Morgan fingerprint density at radius 1 is 1.14 bits per heavy atom. The minimum Gasteiger partial charge on any atom is -0.489 e. The molecule has 0 saturated carbocycles. The predicted molar refractivity (Wildman–Crippen MR) is 113 cm³/mol. The summed E-state index contributed by atoms with van der Waals surface area (Å²) in [6.45, 7) is 4.04. The molecular formula is C20H23ClN6O. The summed E-state index contributed by atoms with van der Waals surface area (Å²) in [4.78, 5) is 12.5. The van der Waals surface area contributed by atoms with Crippen molar-refractivity contribution in [3.8, 4) is 5.75 Å². The number of benzene rings is 1. The van der Waals surface area contributed by atoms with Gasteiger partial charge in [-0.3, -0.25) is 5.10 Å². The molecule has 3 N–H and O–H groups in total. The van der Waals surface area contributed by atoms with Crippen molar-refractivity contribution >= 4 is 45.8 Å². The van der Waals surface area contributed by atoms with Gasteiger partial charge in [-0.15, -0.1) is 12.4 Å². The van der Waals surface area contributed by atoms with Crippen LogP contribution in [0.15, 0.2) is 24.7 Å². The van der Waals surface area contributed by atoms with Crippen LogP contribution in [-0.4, -0.2) is 31.3 Å². The number of halogens is 1. The standard InChI is InChI=1S/C20H22N6O.ClH/c1-11(2)27-17-8-15-12(9-23-26-15)7-16(17)25-20-18-13-5-3-4-6-14(13)24-19(18)21-10-22-20;/h7-11H,3-6H2,1-2H3,(H,23,26)(H2,21,22,24,25);1H. The third kappa shape index (κ3) is 3.16. The second kappa shape index (κ2) is 7.31. The largest absolute Gasteiger partial charge is 0.489 e. The molecular weight excluding hydrogens is 376 g/mol. The smallest absolute Gasteiger partial charge is 0.145 e. The zero-order chi connectivity index (χ0) is 18.4. The first kappa shape index (κ1) is 18.6. The lowest BCUT2D eigenvalue weighted by Crippen LogP contribution is -2.08. The van der Waals surface area contributed by atoms with Crippen LogP contribution in [0.4, 0.5) is 11.5 Å². The van der Waals surface area contributed by atoms with E-state index in [1.807, 2.05) is 32.2 Å². The molecule has 1 aliphatic rings. The van der Waals surface area contributed by atoms with E-state index in [0.717, 1.165) is 52.0 Å². The second-order valence-corrected chi connectivity index (χ2v) is 7.33. The van der Waals surface area contributed by atoms with E-state index in [2.05, 4.69) is 30.5 Å². The van der Waals surface area contributed by atoms with Crippen LogP contribution in [-0.2, 0) is 12.8 Å². The maximum absolute atomic E-state index is 6.04. The zero-order valence-corrected chi connectivity index (χ0v) is 16.7. The number of ether oxygens (including phenoxy) is 1. The number of anilines is 2. The summed E-state index contributed by atoms with van der Waals surface area (Å²) in [5.41, 5.74) is 5.36. The van der Waals surface area contributed by atoms with Gasteiger partial charge >= 0.3 is 0 Å². The van der Waals surface area contributed by atoms with Gasteiger partial charge in [-0.25, -0.2) is 9.97 Å². The van der Waals surface area contributed by atoms with Crippen LogP contribution in [0, 0.1) is 0 Å². The van der Waals surface area contributed by atoms with Gasteiger partial charge in [0.15, 0.2) is 0 Å². The van der Waals surface area contributed by atoms with Crippen molar-refractivity contribution in [2.24, 2.45) is 0 Å². The van der Waals surface area contributed by atoms with Crippen molar-refractivity contribution in [1.82, 2.24) is 25.1 Å². The molecule has 7 nitrogen and oxygen atoms in total. The van der Waals surface area contributed by atoms with Crippen molar-refractivity contribution in [3.63, 3.8) is 0 Å². The van der Waals surface area contributed by atoms with Crippen molar-refractivity contribution < 1.29 is 4.74 Å². The molecule has 146 valence electrons. The SMILES string of the molecule is CC(C)Oc1cc2[nH]ncc2cc1Nc1ncnc2[nH]c3c(c12)CCCC3.Cl. The summed E-state index contributed by atoms with van der Waals surface area (Å²) in [6, 6.07) is 4.03. The first-order valence-corrected chi connectivity index (χ1v) is 9.44. The first-order valence-electron chi connectivity index (χ1n) is 9.44. The van der Waals surface area contributed by atoms with E-state index in [4.69, 9.17) is 4.74 Å². The lowest BCUT2D eigenvalue weighted by molar-refractivity contribution is 0.244. The molecule has 0 atom stereocenters. The van der Waals surface area contributed by atoms with E-state index in [1.54, 1.807) is 6.33 Å². The fourth-order valence-electron chi connectivity index (χ4n) is 3.87. The molecule has 3 aromatic heterocycles.